The van der Waals surface area contributed by atoms with Gasteiger partial charge in [0.2, 0.25) is 0 Å². The van der Waals surface area contributed by atoms with Crippen molar-refractivity contribution in [3.05, 3.63) is 52.9 Å². The number of phenolic OH excluding ortho intramolecular Hbond substituents is 1. The summed E-state index contributed by atoms with van der Waals surface area (Å²) < 4.78 is 10.2. The minimum absolute atomic E-state index is 0.0375. The molecule has 0 fully saturated rings. The van der Waals surface area contributed by atoms with Crippen molar-refractivity contribution >= 4 is 23.2 Å². The average molecular weight is 360 g/mol. The molecule has 0 radical (unpaired) electrons. The predicted molar refractivity (Wildman–Crippen MR) is 92.1 cm³/mol. The van der Waals surface area contributed by atoms with Crippen LogP contribution in [0.1, 0.15) is 16.1 Å². The number of hydrogen-bond acceptors (Lipinski definition) is 6. The van der Waals surface area contributed by atoms with Crippen LogP contribution >= 0.6 is 11.6 Å². The lowest BCUT2D eigenvalue weighted by atomic mass is 10.1. The van der Waals surface area contributed by atoms with Gasteiger partial charge in [0.05, 0.1) is 7.11 Å². The first-order chi connectivity index (χ1) is 12.0. The summed E-state index contributed by atoms with van der Waals surface area (Å²) in [7, 11) is 1.46. The molecule has 3 aromatic rings. The number of halogens is 1. The third kappa shape index (κ3) is 3.56. The van der Waals surface area contributed by atoms with Gasteiger partial charge in [-0.15, -0.1) is 0 Å². The summed E-state index contributed by atoms with van der Waals surface area (Å²) in [5.41, 5.74) is 1.96. The van der Waals surface area contributed by atoms with Gasteiger partial charge in [-0.25, -0.2) is 4.98 Å². The van der Waals surface area contributed by atoms with Crippen molar-refractivity contribution < 1.29 is 19.2 Å². The zero-order valence-corrected chi connectivity index (χ0v) is 14.2. The van der Waals surface area contributed by atoms with Crippen LogP contribution in [0.2, 0.25) is 5.15 Å². The Morgan fingerprint density at radius 2 is 2.12 bits per heavy atom. The van der Waals surface area contributed by atoms with E-state index in [1.165, 1.54) is 19.2 Å². The Balaban J connectivity index is 1.82. The molecule has 0 aliphatic heterocycles. The number of anilines is 1. The number of aryl methyl sites for hydroxylation is 1. The van der Waals surface area contributed by atoms with Gasteiger partial charge in [0.1, 0.15) is 5.15 Å². The van der Waals surface area contributed by atoms with Crippen LogP contribution in [-0.4, -0.2) is 28.3 Å². The van der Waals surface area contributed by atoms with E-state index in [9.17, 15) is 9.90 Å². The Labute approximate surface area is 148 Å². The molecule has 128 valence electrons. The lowest BCUT2D eigenvalue weighted by molar-refractivity contribution is 0.101. The highest BCUT2D eigenvalue weighted by molar-refractivity contribution is 6.29. The molecule has 2 heterocycles. The van der Waals surface area contributed by atoms with Crippen molar-refractivity contribution in [2.24, 2.45) is 0 Å². The van der Waals surface area contributed by atoms with Gasteiger partial charge in [-0.3, -0.25) is 4.79 Å². The van der Waals surface area contributed by atoms with Crippen molar-refractivity contribution in [1.82, 2.24) is 10.1 Å². The maximum Gasteiger partial charge on any atom is 0.277 e. The first kappa shape index (κ1) is 16.8. The monoisotopic (exact) mass is 359 g/mol. The molecular weight excluding hydrogens is 346 g/mol. The number of benzene rings is 1. The fraction of sp³-hybridized carbons (Fsp3) is 0.118. The van der Waals surface area contributed by atoms with E-state index < -0.39 is 5.91 Å². The molecule has 0 saturated heterocycles. The fourth-order valence-corrected chi connectivity index (χ4v) is 2.34. The Bertz CT molecular complexity index is 939. The van der Waals surface area contributed by atoms with Gasteiger partial charge in [-0.1, -0.05) is 16.8 Å². The highest BCUT2D eigenvalue weighted by Gasteiger charge is 2.16. The van der Waals surface area contributed by atoms with E-state index in [0.29, 0.717) is 22.8 Å². The van der Waals surface area contributed by atoms with Gasteiger partial charge in [0.25, 0.3) is 5.91 Å². The third-order valence-electron chi connectivity index (χ3n) is 3.52. The molecule has 0 atom stereocenters. The maximum absolute atomic E-state index is 12.3. The number of amides is 1. The molecule has 2 N–H and O–H groups in total. The van der Waals surface area contributed by atoms with Crippen LogP contribution in [0.15, 0.2) is 41.1 Å². The number of aromatic nitrogens is 2. The summed E-state index contributed by atoms with van der Waals surface area (Å²) in [5, 5.41) is 16.6. The van der Waals surface area contributed by atoms with Gasteiger partial charge >= 0.3 is 0 Å². The predicted octanol–water partition coefficient (Wildman–Crippen LogP) is 3.66. The molecule has 0 saturated carbocycles. The number of pyridine rings is 1. The third-order valence-corrected chi connectivity index (χ3v) is 3.73. The first-order valence-electron chi connectivity index (χ1n) is 7.25. The second kappa shape index (κ2) is 6.82. The molecule has 0 bridgehead atoms. The van der Waals surface area contributed by atoms with Gasteiger partial charge in [0, 0.05) is 23.5 Å². The minimum Gasteiger partial charge on any atom is -0.504 e. The SMILES string of the molecule is COc1ccc(-c2cc(C(=O)Nc3cc(Cl)ncc3C)no2)cc1O. The largest absolute Gasteiger partial charge is 0.504 e. The zero-order valence-electron chi connectivity index (χ0n) is 13.4. The Morgan fingerprint density at radius 1 is 1.32 bits per heavy atom. The van der Waals surface area contributed by atoms with Crippen molar-refractivity contribution in [2.75, 3.05) is 12.4 Å². The van der Waals surface area contributed by atoms with Crippen LogP contribution < -0.4 is 10.1 Å². The number of aromatic hydroxyl groups is 1. The van der Waals surface area contributed by atoms with E-state index in [1.807, 2.05) is 0 Å². The average Bonchev–Trinajstić information content (AvgIpc) is 3.08. The highest BCUT2D eigenvalue weighted by atomic mass is 35.5. The van der Waals surface area contributed by atoms with Crippen molar-refractivity contribution in [2.45, 2.75) is 6.92 Å². The van der Waals surface area contributed by atoms with Crippen LogP contribution in [0.3, 0.4) is 0 Å². The Morgan fingerprint density at radius 3 is 2.84 bits per heavy atom. The van der Waals surface area contributed by atoms with E-state index in [0.717, 1.165) is 5.56 Å². The van der Waals surface area contributed by atoms with Crippen molar-refractivity contribution in [3.8, 4) is 22.8 Å². The lowest BCUT2D eigenvalue weighted by Crippen LogP contribution is -2.13. The van der Waals surface area contributed by atoms with E-state index >= 15 is 0 Å². The number of carbonyl (C=O) groups excluding carboxylic acids is 1. The van der Waals surface area contributed by atoms with Crippen LogP contribution in [0.5, 0.6) is 11.5 Å². The number of nitrogens with zero attached hydrogens (tertiary/aromatic N) is 2. The number of ether oxygens (including phenoxy) is 1. The second-order valence-corrected chi connectivity index (χ2v) is 5.63. The molecule has 0 aliphatic carbocycles. The topological polar surface area (TPSA) is 97.5 Å². The molecular formula is C17H14ClN3O4. The smallest absolute Gasteiger partial charge is 0.277 e. The molecule has 2 aromatic heterocycles. The quantitative estimate of drug-likeness (QED) is 0.690. The van der Waals surface area contributed by atoms with Crippen molar-refractivity contribution in [3.63, 3.8) is 0 Å². The number of rotatable bonds is 4. The molecule has 8 heteroatoms. The fourth-order valence-electron chi connectivity index (χ4n) is 2.18. The number of methoxy groups -OCH3 is 1. The molecule has 0 spiro atoms. The summed E-state index contributed by atoms with van der Waals surface area (Å²) >= 11 is 5.84. The number of carbonyl (C=O) groups is 1. The van der Waals surface area contributed by atoms with Gasteiger partial charge < -0.3 is 19.7 Å². The van der Waals surface area contributed by atoms with Crippen LogP contribution in [0.25, 0.3) is 11.3 Å². The summed E-state index contributed by atoms with van der Waals surface area (Å²) in [5.74, 6) is 0.196. The molecule has 0 unspecified atom stereocenters. The van der Waals surface area contributed by atoms with E-state index in [-0.39, 0.29) is 16.6 Å². The number of nitrogens with one attached hydrogen (secondary N) is 1. The van der Waals surface area contributed by atoms with Crippen LogP contribution in [0, 0.1) is 6.92 Å². The van der Waals surface area contributed by atoms with Crippen LogP contribution in [0.4, 0.5) is 5.69 Å². The zero-order chi connectivity index (χ0) is 18.0. The number of phenols is 1. The molecule has 0 aliphatic rings. The standard InChI is InChI=1S/C17H14ClN3O4/c1-9-8-19-16(18)7-11(9)20-17(23)12-6-15(25-21-12)10-3-4-14(24-2)13(22)5-10/h3-8,22H,1-2H3,(H,19,20,23). The van der Waals surface area contributed by atoms with E-state index in [2.05, 4.69) is 15.5 Å². The normalized spacial score (nSPS) is 10.5. The summed E-state index contributed by atoms with van der Waals surface area (Å²) in [6.07, 6.45) is 1.56. The minimum atomic E-state index is -0.446. The molecule has 25 heavy (non-hydrogen) atoms. The molecule has 3 rings (SSSR count). The molecule has 1 amide bonds. The van der Waals surface area contributed by atoms with E-state index in [4.69, 9.17) is 20.9 Å². The van der Waals surface area contributed by atoms with Crippen LogP contribution in [-0.2, 0) is 0 Å². The lowest BCUT2D eigenvalue weighted by Gasteiger charge is -2.06. The second-order valence-electron chi connectivity index (χ2n) is 5.24. The Hall–Kier alpha value is -3.06. The van der Waals surface area contributed by atoms with E-state index in [1.54, 1.807) is 31.3 Å². The Kier molecular flexibility index (Phi) is 4.58. The first-order valence-corrected chi connectivity index (χ1v) is 7.63. The van der Waals surface area contributed by atoms with Gasteiger partial charge in [-0.05, 0) is 36.8 Å². The number of hydrogen-bond donors (Lipinski definition) is 2. The highest BCUT2D eigenvalue weighted by Crippen LogP contribution is 2.31. The summed E-state index contributed by atoms with van der Waals surface area (Å²) in [4.78, 5) is 16.3. The molecule has 1 aromatic carbocycles. The molecule has 7 nitrogen and oxygen atoms in total. The maximum atomic E-state index is 12.3. The van der Waals surface area contributed by atoms with Gasteiger partial charge in [0.15, 0.2) is 23.0 Å². The summed E-state index contributed by atoms with van der Waals surface area (Å²) in [6, 6.07) is 7.78. The summed E-state index contributed by atoms with van der Waals surface area (Å²) in [6.45, 7) is 1.80. The van der Waals surface area contributed by atoms with Gasteiger partial charge in [-0.2, -0.15) is 0 Å². The van der Waals surface area contributed by atoms with Crippen molar-refractivity contribution in [1.29, 1.82) is 0 Å².